The van der Waals surface area contributed by atoms with Crippen molar-refractivity contribution in [3.63, 3.8) is 0 Å². The van der Waals surface area contributed by atoms with Crippen molar-refractivity contribution in [3.8, 4) is 0 Å². The number of aryl methyl sites for hydroxylation is 1. The molecule has 0 unspecified atom stereocenters. The predicted octanol–water partition coefficient (Wildman–Crippen LogP) is 4.96. The van der Waals surface area contributed by atoms with Gasteiger partial charge in [0.05, 0.1) is 12.7 Å². The monoisotopic (exact) mass is 473 g/mol. The second kappa shape index (κ2) is 7.55. The quantitative estimate of drug-likeness (QED) is 0.467. The molecule has 3 nitrogen and oxygen atoms in total. The first-order chi connectivity index (χ1) is 13.0. The zero-order valence-corrected chi connectivity index (χ0v) is 18.3. The Labute approximate surface area is 175 Å². The van der Waals surface area contributed by atoms with Gasteiger partial charge in [0.25, 0.3) is 0 Å². The molecule has 142 valence electrons. The predicted molar refractivity (Wildman–Crippen MR) is 116 cm³/mol. The van der Waals surface area contributed by atoms with E-state index in [4.69, 9.17) is 4.74 Å². The number of rotatable bonds is 3. The van der Waals surface area contributed by atoms with E-state index in [0.29, 0.717) is 23.3 Å². The molecule has 0 spiro atoms. The summed E-state index contributed by atoms with van der Waals surface area (Å²) in [6, 6.07) is 12.9. The molecule has 1 fully saturated rings. The number of esters is 1. The molecule has 0 amide bonds. The third kappa shape index (κ3) is 3.31. The highest BCUT2D eigenvalue weighted by Gasteiger charge is 2.44. The van der Waals surface area contributed by atoms with Crippen molar-refractivity contribution >= 4 is 28.6 Å². The molecule has 27 heavy (non-hydrogen) atoms. The van der Waals surface area contributed by atoms with Gasteiger partial charge in [0.2, 0.25) is 0 Å². The lowest BCUT2D eigenvalue weighted by molar-refractivity contribution is 0.0600. The number of piperidine rings is 1. The minimum Gasteiger partial charge on any atom is -0.465 e. The number of carbonyl (C=O) groups is 1. The summed E-state index contributed by atoms with van der Waals surface area (Å²) >= 11 is 2.47. The van der Waals surface area contributed by atoms with Crippen LogP contribution in [0.1, 0.15) is 57.8 Å². The summed E-state index contributed by atoms with van der Waals surface area (Å²) in [6.07, 6.45) is 1.23. The fourth-order valence-corrected chi connectivity index (χ4v) is 5.46. The lowest BCUT2D eigenvalue weighted by atomic mass is 9.78. The van der Waals surface area contributed by atoms with E-state index in [0.717, 1.165) is 13.1 Å². The lowest BCUT2D eigenvalue weighted by Gasteiger charge is -2.37. The average Bonchev–Trinajstić information content (AvgIpc) is 3.00. The van der Waals surface area contributed by atoms with Crippen LogP contribution < -0.4 is 0 Å². The van der Waals surface area contributed by atoms with Crippen molar-refractivity contribution in [2.24, 2.45) is 5.92 Å². The van der Waals surface area contributed by atoms with Crippen molar-refractivity contribution in [2.45, 2.75) is 32.1 Å². The molecule has 3 atom stereocenters. The molecule has 1 heterocycles. The zero-order valence-electron chi connectivity index (χ0n) is 16.2. The normalized spacial score (nSPS) is 24.4. The van der Waals surface area contributed by atoms with Gasteiger partial charge in [-0.2, -0.15) is 0 Å². The van der Waals surface area contributed by atoms with E-state index in [1.165, 1.54) is 45.9 Å². The second-order valence-corrected chi connectivity index (χ2v) is 8.94. The molecule has 4 rings (SSSR count). The highest BCUT2D eigenvalue weighted by Crippen LogP contribution is 2.53. The molecule has 0 aromatic heterocycles. The number of methoxy groups -OCH3 is 1. The summed E-state index contributed by atoms with van der Waals surface area (Å²) in [5.41, 5.74) is 6.33. The Morgan fingerprint density at radius 1 is 1.22 bits per heavy atom. The maximum atomic E-state index is 11.8. The van der Waals surface area contributed by atoms with Crippen LogP contribution in [0.15, 0.2) is 36.4 Å². The number of benzene rings is 2. The van der Waals surface area contributed by atoms with Crippen LogP contribution in [0.3, 0.4) is 0 Å². The van der Waals surface area contributed by atoms with Crippen LogP contribution in [0.2, 0.25) is 0 Å². The van der Waals surface area contributed by atoms with Crippen molar-refractivity contribution in [3.05, 3.63) is 67.8 Å². The number of hydrogen-bond acceptors (Lipinski definition) is 3. The van der Waals surface area contributed by atoms with Crippen molar-refractivity contribution in [2.75, 3.05) is 26.7 Å². The van der Waals surface area contributed by atoms with Crippen LogP contribution >= 0.6 is 22.6 Å². The number of fused-ring (bicyclic) bond motifs is 3. The van der Waals surface area contributed by atoms with Crippen LogP contribution in [0, 0.1) is 16.4 Å². The van der Waals surface area contributed by atoms with Gasteiger partial charge in [-0.15, -0.1) is 0 Å². The van der Waals surface area contributed by atoms with Gasteiger partial charge in [-0.25, -0.2) is 4.79 Å². The number of likely N-dealkylation sites (tertiary alicyclic amines) is 1. The molecule has 0 N–H and O–H groups in total. The van der Waals surface area contributed by atoms with Crippen LogP contribution in [0.4, 0.5) is 0 Å². The van der Waals surface area contributed by atoms with E-state index in [2.05, 4.69) is 65.6 Å². The zero-order chi connectivity index (χ0) is 19.1. The molecule has 0 bridgehead atoms. The summed E-state index contributed by atoms with van der Waals surface area (Å²) in [6.45, 7) is 7.93. The Morgan fingerprint density at radius 2 is 1.96 bits per heavy atom. The minimum atomic E-state index is -0.270. The molecule has 0 radical (unpaired) electrons. The van der Waals surface area contributed by atoms with Gasteiger partial charge in [0, 0.05) is 22.0 Å². The highest BCUT2D eigenvalue weighted by molar-refractivity contribution is 14.1. The molecule has 4 heteroatoms. The Hall–Kier alpha value is -1.40. The molecule has 2 aliphatic rings. The number of carbonyl (C=O) groups excluding carboxylic acids is 1. The van der Waals surface area contributed by atoms with Crippen molar-refractivity contribution < 1.29 is 9.53 Å². The van der Waals surface area contributed by atoms with Gasteiger partial charge < -0.3 is 9.64 Å². The first kappa shape index (κ1) is 18.9. The number of likely N-dealkylation sites (N-methyl/N-ethyl adjacent to an activating group) is 1. The van der Waals surface area contributed by atoms with Crippen molar-refractivity contribution in [1.82, 2.24) is 4.90 Å². The maximum Gasteiger partial charge on any atom is 0.337 e. The number of nitrogens with zero attached hydrogens (tertiary/aromatic N) is 1. The Balaban J connectivity index is 1.76. The van der Waals surface area contributed by atoms with E-state index in [1.807, 2.05) is 12.1 Å². The Morgan fingerprint density at radius 3 is 2.63 bits per heavy atom. The molecular weight excluding hydrogens is 447 g/mol. The third-order valence-corrected chi connectivity index (χ3v) is 7.58. The molecule has 1 saturated heterocycles. The molecule has 1 aliphatic carbocycles. The van der Waals surface area contributed by atoms with Gasteiger partial charge in [0.15, 0.2) is 0 Å². The van der Waals surface area contributed by atoms with Crippen LogP contribution in [-0.2, 0) is 4.74 Å². The van der Waals surface area contributed by atoms with E-state index in [9.17, 15) is 4.79 Å². The van der Waals surface area contributed by atoms with Gasteiger partial charge >= 0.3 is 5.97 Å². The van der Waals surface area contributed by atoms with Crippen LogP contribution in [-0.4, -0.2) is 37.6 Å². The number of ether oxygens (including phenoxy) is 1. The van der Waals surface area contributed by atoms with Crippen molar-refractivity contribution in [1.29, 1.82) is 0 Å². The summed E-state index contributed by atoms with van der Waals surface area (Å²) in [5.74, 6) is 1.40. The first-order valence-electron chi connectivity index (χ1n) is 9.74. The standard InChI is InChI=1S/C23H26INO2/c1-4-25-10-9-17-20(13-25)18-12-21(24)14(2)11-19(18)22(17)15-5-7-16(8-6-15)23(26)27-3/h5-8,11-12,17,20,22H,4,9-10,13H2,1-3H3/t17-,20+,22+/m1/s1/i24-2. The lowest BCUT2D eigenvalue weighted by Crippen LogP contribution is -2.38. The third-order valence-electron chi connectivity index (χ3n) is 6.42. The molecule has 2 aromatic rings. The summed E-state index contributed by atoms with van der Waals surface area (Å²) in [7, 11) is 1.43. The van der Waals surface area contributed by atoms with Gasteiger partial charge in [-0.3, -0.25) is 0 Å². The summed E-state index contributed by atoms with van der Waals surface area (Å²) in [4.78, 5) is 14.4. The first-order valence-corrected chi connectivity index (χ1v) is 10.8. The van der Waals surface area contributed by atoms with E-state index < -0.39 is 0 Å². The van der Waals surface area contributed by atoms with E-state index in [1.54, 1.807) is 0 Å². The number of halogens is 1. The van der Waals surface area contributed by atoms with Gasteiger partial charge in [-0.05, 0) is 95.4 Å². The maximum absolute atomic E-state index is 11.8. The fraction of sp³-hybridized carbons (Fsp3) is 0.435. The second-order valence-electron chi connectivity index (χ2n) is 7.77. The van der Waals surface area contributed by atoms with Crippen LogP contribution in [0.5, 0.6) is 0 Å². The minimum absolute atomic E-state index is 0.270. The van der Waals surface area contributed by atoms with E-state index in [-0.39, 0.29) is 5.97 Å². The molecular formula is C23H26INO2. The van der Waals surface area contributed by atoms with E-state index >= 15 is 0 Å². The SMILES string of the molecule is CCN1CC[C@H]2[C@H](c3ccc(C(=O)OC)cc3)c3cc(C)c([125I])cc3[C@H]2C1. The average molecular weight is 473 g/mol. The number of hydrogen-bond donors (Lipinski definition) is 0. The fourth-order valence-electron chi connectivity index (χ4n) is 4.96. The summed E-state index contributed by atoms with van der Waals surface area (Å²) in [5, 5.41) is 0. The Kier molecular flexibility index (Phi) is 5.30. The van der Waals surface area contributed by atoms with Gasteiger partial charge in [-0.1, -0.05) is 25.1 Å². The topological polar surface area (TPSA) is 29.5 Å². The molecule has 2 aromatic carbocycles. The largest absolute Gasteiger partial charge is 0.465 e. The van der Waals surface area contributed by atoms with Gasteiger partial charge in [0.1, 0.15) is 0 Å². The molecule has 1 aliphatic heterocycles. The van der Waals surface area contributed by atoms with Crippen LogP contribution in [0.25, 0.3) is 0 Å². The highest BCUT2D eigenvalue weighted by atomic mass is 125. The smallest absolute Gasteiger partial charge is 0.337 e. The molecule has 0 saturated carbocycles. The summed E-state index contributed by atoms with van der Waals surface area (Å²) < 4.78 is 6.21. The Bertz CT molecular complexity index is 861.